The molecule has 0 saturated heterocycles. The first-order valence-electron chi connectivity index (χ1n) is 5.02. The van der Waals surface area contributed by atoms with Crippen LogP contribution in [0.15, 0.2) is 18.2 Å². The number of carbonyl (C=O) groups excluding carboxylic acids is 1. The van der Waals surface area contributed by atoms with Gasteiger partial charge < -0.3 is 5.32 Å². The zero-order valence-corrected chi connectivity index (χ0v) is 8.81. The molecule has 1 aliphatic rings. The fourth-order valence-electron chi connectivity index (χ4n) is 1.92. The molecular weight excluding hydrogens is 212 g/mol. The Morgan fingerprint density at radius 3 is 2.81 bits per heavy atom. The van der Waals surface area contributed by atoms with Gasteiger partial charge in [-0.25, -0.2) is 8.78 Å². The molecule has 1 aromatic carbocycles. The Kier molecular flexibility index (Phi) is 2.73. The van der Waals surface area contributed by atoms with Gasteiger partial charge in [0.1, 0.15) is 11.6 Å². The van der Waals surface area contributed by atoms with E-state index in [4.69, 9.17) is 0 Å². The average Bonchev–Trinajstić information content (AvgIpc) is 2.61. The third kappa shape index (κ3) is 1.83. The van der Waals surface area contributed by atoms with Crippen molar-refractivity contribution in [2.75, 3.05) is 7.05 Å². The van der Waals surface area contributed by atoms with E-state index < -0.39 is 11.6 Å². The molecule has 2 nitrogen and oxygen atoms in total. The Hall–Kier alpha value is -1.71. The van der Waals surface area contributed by atoms with E-state index in [1.807, 2.05) is 0 Å². The van der Waals surface area contributed by atoms with Crippen molar-refractivity contribution in [3.05, 3.63) is 41.0 Å². The topological polar surface area (TPSA) is 29.1 Å². The van der Waals surface area contributed by atoms with Gasteiger partial charge >= 0.3 is 0 Å². The largest absolute Gasteiger partial charge is 0.356 e. The number of likely N-dealkylation sites (N-methyl/N-ethyl adjacent to an activating group) is 1. The summed E-state index contributed by atoms with van der Waals surface area (Å²) in [6.07, 6.45) is 2.48. The molecule has 0 aliphatic heterocycles. The van der Waals surface area contributed by atoms with Crippen molar-refractivity contribution in [1.29, 1.82) is 0 Å². The predicted molar refractivity (Wildman–Crippen MR) is 56.7 cm³/mol. The van der Waals surface area contributed by atoms with E-state index in [1.165, 1.54) is 19.2 Å². The van der Waals surface area contributed by atoms with Crippen LogP contribution in [-0.4, -0.2) is 13.0 Å². The van der Waals surface area contributed by atoms with Crippen molar-refractivity contribution < 1.29 is 13.6 Å². The number of allylic oxidation sites excluding steroid dienone is 1. The van der Waals surface area contributed by atoms with Gasteiger partial charge in [-0.05, 0) is 35.6 Å². The Morgan fingerprint density at radius 2 is 2.12 bits per heavy atom. The Bertz CT molecular complexity index is 480. The van der Waals surface area contributed by atoms with Crippen molar-refractivity contribution >= 4 is 11.5 Å². The molecule has 2 rings (SSSR count). The molecule has 1 aromatic rings. The van der Waals surface area contributed by atoms with Gasteiger partial charge in [0.15, 0.2) is 0 Å². The minimum Gasteiger partial charge on any atom is -0.356 e. The van der Waals surface area contributed by atoms with Crippen LogP contribution in [0.1, 0.15) is 17.5 Å². The molecule has 4 heteroatoms. The standard InChI is InChI=1S/C12H11F2NO/c1-15-12(16)4-7-2-3-9-10(7)5-8(13)6-11(9)14/h4-6H,2-3H2,1H3,(H,15,16)/b7-4-. The number of amides is 1. The van der Waals surface area contributed by atoms with Gasteiger partial charge in [-0.3, -0.25) is 4.79 Å². The molecular formula is C12H11F2NO. The summed E-state index contributed by atoms with van der Waals surface area (Å²) in [5.41, 5.74) is 1.70. The van der Waals surface area contributed by atoms with Gasteiger partial charge in [0.25, 0.3) is 0 Å². The minimum atomic E-state index is -0.610. The van der Waals surface area contributed by atoms with Crippen LogP contribution in [0.5, 0.6) is 0 Å². The summed E-state index contributed by atoms with van der Waals surface area (Å²) < 4.78 is 26.4. The number of hydrogen-bond donors (Lipinski definition) is 1. The number of nitrogens with one attached hydrogen (secondary N) is 1. The number of fused-ring (bicyclic) bond motifs is 1. The number of hydrogen-bond acceptors (Lipinski definition) is 1. The third-order valence-electron chi connectivity index (χ3n) is 2.70. The molecule has 16 heavy (non-hydrogen) atoms. The summed E-state index contributed by atoms with van der Waals surface area (Å²) in [6.45, 7) is 0. The second-order valence-electron chi connectivity index (χ2n) is 3.70. The van der Waals surface area contributed by atoms with Gasteiger partial charge in [-0.2, -0.15) is 0 Å². The highest BCUT2D eigenvalue weighted by molar-refractivity contribution is 5.96. The van der Waals surface area contributed by atoms with E-state index in [9.17, 15) is 13.6 Å². The molecule has 0 fully saturated rings. The minimum absolute atomic E-state index is 0.257. The number of carbonyl (C=O) groups is 1. The number of halogens is 2. The molecule has 84 valence electrons. The molecule has 0 bridgehead atoms. The molecule has 0 spiro atoms. The molecule has 0 heterocycles. The van der Waals surface area contributed by atoms with E-state index >= 15 is 0 Å². The van der Waals surface area contributed by atoms with Crippen LogP contribution in [0.2, 0.25) is 0 Å². The van der Waals surface area contributed by atoms with Crippen molar-refractivity contribution in [1.82, 2.24) is 5.32 Å². The molecule has 0 saturated carbocycles. The highest BCUT2D eigenvalue weighted by Crippen LogP contribution is 2.34. The van der Waals surface area contributed by atoms with Gasteiger partial charge in [0.2, 0.25) is 5.91 Å². The lowest BCUT2D eigenvalue weighted by atomic mass is 10.1. The van der Waals surface area contributed by atoms with Crippen LogP contribution >= 0.6 is 0 Å². The lowest BCUT2D eigenvalue weighted by Gasteiger charge is -2.02. The maximum atomic E-state index is 13.4. The van der Waals surface area contributed by atoms with Crippen LogP contribution < -0.4 is 5.32 Å². The maximum Gasteiger partial charge on any atom is 0.244 e. The summed E-state index contributed by atoms with van der Waals surface area (Å²) in [4.78, 5) is 11.2. The second kappa shape index (κ2) is 4.04. The first kappa shape index (κ1) is 10.8. The van der Waals surface area contributed by atoms with Crippen molar-refractivity contribution in [2.45, 2.75) is 12.8 Å². The van der Waals surface area contributed by atoms with Gasteiger partial charge in [-0.15, -0.1) is 0 Å². The van der Waals surface area contributed by atoms with Crippen molar-refractivity contribution in [2.24, 2.45) is 0 Å². The van der Waals surface area contributed by atoms with E-state index in [0.717, 1.165) is 6.07 Å². The Balaban J connectivity index is 2.47. The van der Waals surface area contributed by atoms with Crippen LogP contribution in [0.4, 0.5) is 8.78 Å². The fraction of sp³-hybridized carbons (Fsp3) is 0.250. The Labute approximate surface area is 92.0 Å². The summed E-state index contributed by atoms with van der Waals surface area (Å²) in [5, 5.41) is 2.45. The van der Waals surface area contributed by atoms with E-state index in [-0.39, 0.29) is 5.91 Å². The molecule has 0 unspecified atom stereocenters. The van der Waals surface area contributed by atoms with Crippen LogP contribution in [0.3, 0.4) is 0 Å². The smallest absolute Gasteiger partial charge is 0.244 e. The lowest BCUT2D eigenvalue weighted by Crippen LogP contribution is -2.14. The SMILES string of the molecule is CNC(=O)/C=C1/CCc2c(F)cc(F)cc21. The quantitative estimate of drug-likeness (QED) is 0.725. The van der Waals surface area contributed by atoms with Crippen LogP contribution in [0, 0.1) is 11.6 Å². The molecule has 0 atom stereocenters. The fourth-order valence-corrected chi connectivity index (χ4v) is 1.92. The summed E-state index contributed by atoms with van der Waals surface area (Å²) in [6, 6.07) is 2.15. The maximum absolute atomic E-state index is 13.4. The van der Waals surface area contributed by atoms with Crippen LogP contribution in [-0.2, 0) is 11.2 Å². The first-order chi connectivity index (χ1) is 7.61. The van der Waals surface area contributed by atoms with E-state index in [0.29, 0.717) is 29.5 Å². The molecule has 1 aliphatic carbocycles. The molecule has 0 radical (unpaired) electrons. The summed E-state index contributed by atoms with van der Waals surface area (Å²) >= 11 is 0. The highest BCUT2D eigenvalue weighted by atomic mass is 19.1. The van der Waals surface area contributed by atoms with E-state index in [2.05, 4.69) is 5.32 Å². The number of rotatable bonds is 1. The lowest BCUT2D eigenvalue weighted by molar-refractivity contribution is -0.116. The van der Waals surface area contributed by atoms with Gasteiger partial charge in [-0.1, -0.05) is 0 Å². The zero-order chi connectivity index (χ0) is 11.7. The van der Waals surface area contributed by atoms with Gasteiger partial charge in [0, 0.05) is 19.2 Å². The van der Waals surface area contributed by atoms with E-state index in [1.54, 1.807) is 0 Å². The summed E-state index contributed by atoms with van der Waals surface area (Å²) in [5.74, 6) is -1.40. The predicted octanol–water partition coefficient (Wildman–Crippen LogP) is 2.04. The monoisotopic (exact) mass is 223 g/mol. The third-order valence-corrected chi connectivity index (χ3v) is 2.70. The first-order valence-corrected chi connectivity index (χ1v) is 5.02. The second-order valence-corrected chi connectivity index (χ2v) is 3.70. The van der Waals surface area contributed by atoms with Crippen molar-refractivity contribution in [3.63, 3.8) is 0 Å². The van der Waals surface area contributed by atoms with Gasteiger partial charge in [0.05, 0.1) is 0 Å². The summed E-state index contributed by atoms with van der Waals surface area (Å²) in [7, 11) is 1.52. The average molecular weight is 223 g/mol. The normalized spacial score (nSPS) is 16.3. The number of benzene rings is 1. The molecule has 1 N–H and O–H groups in total. The van der Waals surface area contributed by atoms with Crippen LogP contribution in [0.25, 0.3) is 5.57 Å². The molecule has 0 aromatic heterocycles. The highest BCUT2D eigenvalue weighted by Gasteiger charge is 2.21. The zero-order valence-electron chi connectivity index (χ0n) is 8.81. The Morgan fingerprint density at radius 1 is 1.38 bits per heavy atom. The molecule has 1 amide bonds. The van der Waals surface area contributed by atoms with Crippen molar-refractivity contribution in [3.8, 4) is 0 Å².